The first kappa shape index (κ1) is 31.4. The molecular weight excluding hydrogens is 669 g/mol. The average molecular weight is 703 g/mol. The van der Waals surface area contributed by atoms with E-state index >= 15 is 0 Å². The molecule has 0 saturated carbocycles. The number of fused-ring (bicyclic) bond motifs is 9. The Balaban J connectivity index is 1.41. The van der Waals surface area contributed by atoms with Gasteiger partial charge in [-0.25, -0.2) is 0 Å². The van der Waals surface area contributed by atoms with E-state index in [2.05, 4.69) is 170 Å². The summed E-state index contributed by atoms with van der Waals surface area (Å²) in [6.07, 6.45) is 0. The van der Waals surface area contributed by atoms with Gasteiger partial charge in [0, 0.05) is 0 Å². The minimum Gasteiger partial charge on any atom is -0.508 e. The van der Waals surface area contributed by atoms with Crippen LogP contribution in [0.5, 0.6) is 11.5 Å². The summed E-state index contributed by atoms with van der Waals surface area (Å²) >= 11 is 0. The zero-order valence-electron chi connectivity index (χ0n) is 29.9. The molecule has 0 amide bonds. The fourth-order valence-corrected chi connectivity index (χ4v) is 9.68. The van der Waals surface area contributed by atoms with E-state index in [9.17, 15) is 10.2 Å². The molecule has 0 unspecified atom stereocenters. The van der Waals surface area contributed by atoms with Gasteiger partial charge in [-0.3, -0.25) is 0 Å². The van der Waals surface area contributed by atoms with E-state index in [4.69, 9.17) is 0 Å². The summed E-state index contributed by atoms with van der Waals surface area (Å²) in [7, 11) is 0. The molecule has 2 nitrogen and oxygen atoms in total. The van der Waals surface area contributed by atoms with Crippen molar-refractivity contribution in [2.24, 2.45) is 0 Å². The average Bonchev–Trinajstić information content (AvgIpc) is 3.55. The van der Waals surface area contributed by atoms with E-state index in [1.807, 2.05) is 24.3 Å². The van der Waals surface area contributed by atoms with Crippen LogP contribution in [-0.2, 0) is 5.41 Å². The smallest absolute Gasteiger partial charge is 0.116 e. The maximum absolute atomic E-state index is 11.9. The molecule has 0 saturated heterocycles. The van der Waals surface area contributed by atoms with E-state index in [0.29, 0.717) is 0 Å². The third kappa shape index (κ3) is 4.49. The maximum atomic E-state index is 11.9. The topological polar surface area (TPSA) is 40.5 Å². The van der Waals surface area contributed by atoms with Crippen molar-refractivity contribution in [3.8, 4) is 44.9 Å². The quantitative estimate of drug-likeness (QED) is 0.179. The number of rotatable bonds is 4. The zero-order valence-corrected chi connectivity index (χ0v) is 29.9. The van der Waals surface area contributed by atoms with E-state index < -0.39 is 5.41 Å². The van der Waals surface area contributed by atoms with Crippen LogP contribution in [0.4, 0.5) is 0 Å². The molecule has 1 aliphatic carbocycles. The monoisotopic (exact) mass is 702 g/mol. The molecule has 0 aromatic heterocycles. The van der Waals surface area contributed by atoms with Gasteiger partial charge < -0.3 is 10.2 Å². The van der Waals surface area contributed by atoms with Gasteiger partial charge in [-0.2, -0.15) is 0 Å². The predicted molar refractivity (Wildman–Crippen MR) is 228 cm³/mol. The molecule has 258 valence electrons. The largest absolute Gasteiger partial charge is 0.508 e. The molecule has 0 atom stereocenters. The van der Waals surface area contributed by atoms with Gasteiger partial charge in [-0.05, 0) is 123 Å². The standard InChI is InChI=1S/C53H34O2/c54-37-29-45-39-19-9-7-17-35(39)25-27-43(45)49(31-37)53(50-32-38(55)30-46-40-20-10-8-18-36(40)26-28-44(46)50)47-23-11-21-41(33-13-3-1-4-14-33)51(47)52-42(22-12-24-48(52)53)34-15-5-2-6-16-34/h1-32,54-55H. The lowest BCUT2D eigenvalue weighted by molar-refractivity contribution is 0.474. The molecule has 0 radical (unpaired) electrons. The summed E-state index contributed by atoms with van der Waals surface area (Å²) in [4.78, 5) is 0. The number of phenols is 2. The molecule has 55 heavy (non-hydrogen) atoms. The Morgan fingerprint density at radius 3 is 1.16 bits per heavy atom. The molecule has 10 aromatic rings. The van der Waals surface area contributed by atoms with Crippen LogP contribution in [0.3, 0.4) is 0 Å². The molecule has 0 bridgehead atoms. The Morgan fingerprint density at radius 2 is 0.709 bits per heavy atom. The van der Waals surface area contributed by atoms with Crippen molar-refractivity contribution in [2.45, 2.75) is 5.41 Å². The van der Waals surface area contributed by atoms with E-state index in [1.165, 1.54) is 0 Å². The molecule has 0 spiro atoms. The molecule has 10 aromatic carbocycles. The highest BCUT2D eigenvalue weighted by molar-refractivity contribution is 6.14. The predicted octanol–water partition coefficient (Wildman–Crippen LogP) is 13.4. The van der Waals surface area contributed by atoms with Crippen molar-refractivity contribution >= 4 is 43.1 Å². The Kier molecular flexibility index (Phi) is 6.80. The molecular formula is C53H34O2. The number of phenolic OH excluding ortho intramolecular Hbond substituents is 2. The lowest BCUT2D eigenvalue weighted by Crippen LogP contribution is -2.29. The van der Waals surface area contributed by atoms with Crippen LogP contribution in [0, 0.1) is 0 Å². The fourth-order valence-electron chi connectivity index (χ4n) is 9.68. The van der Waals surface area contributed by atoms with Crippen LogP contribution >= 0.6 is 0 Å². The summed E-state index contributed by atoms with van der Waals surface area (Å²) in [6, 6.07) is 68.0. The Bertz CT molecular complexity index is 2950. The SMILES string of the molecule is Oc1cc(C2(c3cc(O)cc4c3ccc3ccccc34)c3cccc(-c4ccccc4)c3-c3c(-c4ccccc4)cccc32)c2ccc3ccccc3c2c1. The highest BCUT2D eigenvalue weighted by Crippen LogP contribution is 2.63. The summed E-state index contributed by atoms with van der Waals surface area (Å²) in [6.45, 7) is 0. The van der Waals surface area contributed by atoms with Gasteiger partial charge >= 0.3 is 0 Å². The van der Waals surface area contributed by atoms with Gasteiger partial charge in [0.2, 0.25) is 0 Å². The third-order valence-corrected chi connectivity index (χ3v) is 11.9. The lowest BCUT2D eigenvalue weighted by atomic mass is 9.65. The van der Waals surface area contributed by atoms with Crippen molar-refractivity contribution in [3.63, 3.8) is 0 Å². The molecule has 0 heterocycles. The first-order chi connectivity index (χ1) is 27.1. The Labute approximate surface area is 318 Å². The van der Waals surface area contributed by atoms with Gasteiger partial charge in [0.25, 0.3) is 0 Å². The van der Waals surface area contributed by atoms with Crippen molar-refractivity contribution in [1.82, 2.24) is 0 Å². The maximum Gasteiger partial charge on any atom is 0.116 e. The summed E-state index contributed by atoms with van der Waals surface area (Å²) in [5.74, 6) is 0.392. The highest BCUT2D eigenvalue weighted by Gasteiger charge is 2.50. The third-order valence-electron chi connectivity index (χ3n) is 11.9. The van der Waals surface area contributed by atoms with Gasteiger partial charge in [0.1, 0.15) is 11.5 Å². The van der Waals surface area contributed by atoms with E-state index in [-0.39, 0.29) is 11.5 Å². The van der Waals surface area contributed by atoms with Crippen LogP contribution in [0.15, 0.2) is 194 Å². The summed E-state index contributed by atoms with van der Waals surface area (Å²) in [5.41, 5.74) is 9.98. The number of hydrogen-bond donors (Lipinski definition) is 2. The normalized spacial score (nSPS) is 13.0. The van der Waals surface area contributed by atoms with Crippen molar-refractivity contribution in [3.05, 3.63) is 216 Å². The van der Waals surface area contributed by atoms with Crippen molar-refractivity contribution in [1.29, 1.82) is 0 Å². The minimum absolute atomic E-state index is 0.196. The lowest BCUT2D eigenvalue weighted by Gasteiger charge is -2.36. The first-order valence-electron chi connectivity index (χ1n) is 18.8. The molecule has 2 heteroatoms. The summed E-state index contributed by atoms with van der Waals surface area (Å²) < 4.78 is 0. The summed E-state index contributed by atoms with van der Waals surface area (Å²) in [5, 5.41) is 32.3. The number of aromatic hydroxyl groups is 2. The molecule has 0 aliphatic heterocycles. The van der Waals surface area contributed by atoms with Gasteiger partial charge in [-0.1, -0.05) is 170 Å². The van der Waals surface area contributed by atoms with Crippen LogP contribution in [0.1, 0.15) is 22.3 Å². The van der Waals surface area contributed by atoms with E-state index in [1.54, 1.807) is 0 Å². The molecule has 11 rings (SSSR count). The molecule has 1 aliphatic rings. The van der Waals surface area contributed by atoms with Gasteiger partial charge in [0.05, 0.1) is 5.41 Å². The van der Waals surface area contributed by atoms with Crippen LogP contribution in [0.25, 0.3) is 76.5 Å². The second kappa shape index (κ2) is 11.9. The van der Waals surface area contributed by atoms with Gasteiger partial charge in [-0.15, -0.1) is 0 Å². The van der Waals surface area contributed by atoms with Crippen LogP contribution < -0.4 is 0 Å². The van der Waals surface area contributed by atoms with Crippen molar-refractivity contribution in [2.75, 3.05) is 0 Å². The molecule has 0 fully saturated rings. The fraction of sp³-hybridized carbons (Fsp3) is 0.0189. The second-order valence-electron chi connectivity index (χ2n) is 14.7. The Hall–Kier alpha value is -7.16. The minimum atomic E-state index is -0.973. The zero-order chi connectivity index (χ0) is 36.7. The molecule has 2 N–H and O–H groups in total. The Morgan fingerprint density at radius 1 is 0.291 bits per heavy atom. The number of benzene rings is 10. The van der Waals surface area contributed by atoms with Crippen molar-refractivity contribution < 1.29 is 10.2 Å². The first-order valence-corrected chi connectivity index (χ1v) is 18.8. The highest BCUT2D eigenvalue weighted by atomic mass is 16.3. The van der Waals surface area contributed by atoms with Crippen LogP contribution in [-0.4, -0.2) is 10.2 Å². The second-order valence-corrected chi connectivity index (χ2v) is 14.7. The van der Waals surface area contributed by atoms with E-state index in [0.717, 1.165) is 98.7 Å². The van der Waals surface area contributed by atoms with Gasteiger partial charge in [0.15, 0.2) is 0 Å². The number of hydrogen-bond acceptors (Lipinski definition) is 2. The van der Waals surface area contributed by atoms with Crippen LogP contribution in [0.2, 0.25) is 0 Å².